The Morgan fingerprint density at radius 1 is 0.508 bits per heavy atom. The molecule has 7 nitrogen and oxygen atoms in total. The predicted molar refractivity (Wildman–Crippen MR) is 252 cm³/mol. The summed E-state index contributed by atoms with van der Waals surface area (Å²) in [5.41, 5.74) is 10.6. The maximum atomic E-state index is 11.4. The molecule has 61 heavy (non-hydrogen) atoms. The van der Waals surface area contributed by atoms with E-state index in [1.165, 1.54) is 28.8 Å². The van der Waals surface area contributed by atoms with Gasteiger partial charge in [-0.1, -0.05) is 60.2 Å². The van der Waals surface area contributed by atoms with Crippen LogP contribution in [-0.4, -0.2) is 22.2 Å². The van der Waals surface area contributed by atoms with Gasteiger partial charge in [0.1, 0.15) is 21.9 Å². The molecule has 0 amide bonds. The Bertz CT molecular complexity index is 2910. The van der Waals surface area contributed by atoms with Gasteiger partial charge < -0.3 is 15.1 Å². The van der Waals surface area contributed by atoms with Crippen LogP contribution in [-0.2, 0) is 0 Å². The second-order valence-electron chi connectivity index (χ2n) is 14.0. The first-order chi connectivity index (χ1) is 29.6. The zero-order chi connectivity index (χ0) is 42.6. The average molecular weight is 868 g/mol. The summed E-state index contributed by atoms with van der Waals surface area (Å²) in [5.74, 6) is -2.02. The second-order valence-corrected chi connectivity index (χ2v) is 18.4. The summed E-state index contributed by atoms with van der Waals surface area (Å²) in [6, 6.07) is 50.7. The maximum Gasteiger partial charge on any atom is 0.345 e. The topological polar surface area (TPSA) is 125 Å². The molecule has 4 aromatic heterocycles. The van der Waals surface area contributed by atoms with E-state index in [-0.39, 0.29) is 9.75 Å². The van der Waals surface area contributed by atoms with Crippen LogP contribution in [0.25, 0.3) is 55.3 Å². The van der Waals surface area contributed by atoms with Crippen molar-refractivity contribution in [2.45, 2.75) is 13.8 Å². The van der Waals surface area contributed by atoms with E-state index < -0.39 is 11.9 Å². The summed E-state index contributed by atoms with van der Waals surface area (Å²) >= 11 is 5.29. The van der Waals surface area contributed by atoms with Crippen molar-refractivity contribution >= 4 is 97.6 Å². The van der Waals surface area contributed by atoms with E-state index >= 15 is 0 Å². The van der Waals surface area contributed by atoms with Crippen LogP contribution in [0.15, 0.2) is 140 Å². The van der Waals surface area contributed by atoms with Crippen LogP contribution < -0.4 is 4.90 Å². The Balaban J connectivity index is 1.09. The molecule has 0 aliphatic rings. The molecule has 0 spiro atoms. The van der Waals surface area contributed by atoms with Crippen molar-refractivity contribution in [2.24, 2.45) is 0 Å². The summed E-state index contributed by atoms with van der Waals surface area (Å²) in [5, 5.41) is 38.4. The van der Waals surface area contributed by atoms with Gasteiger partial charge in [-0.05, 0) is 139 Å². The lowest BCUT2D eigenvalue weighted by Gasteiger charge is -2.26. The highest BCUT2D eigenvalue weighted by atomic mass is 32.1. The third-order valence-corrected chi connectivity index (χ3v) is 14.2. The monoisotopic (exact) mass is 867 g/mol. The zero-order valence-corrected chi connectivity index (χ0v) is 35.9. The van der Waals surface area contributed by atoms with Crippen LogP contribution in [0.4, 0.5) is 17.1 Å². The number of nitriles is 2. The van der Waals surface area contributed by atoms with E-state index in [1.807, 2.05) is 24.3 Å². The number of aryl methyl sites for hydroxylation is 2. The SMILES string of the molecule is Cc1ccc(-c2ccc(N(c3ccc(-c4ccc(/C=C(\C#N)c5ccc(C(=O)O)s5)s4)cc3)c3ccc(-c4ccc(/C=C(\C#N)c5ccc(C(=O)O)s5)s4)cc3)cc2)c(C)c1. The first kappa shape index (κ1) is 40.7. The molecule has 0 aliphatic heterocycles. The molecule has 2 N–H and O–H groups in total. The Morgan fingerprint density at radius 2 is 0.918 bits per heavy atom. The van der Waals surface area contributed by atoms with Crippen molar-refractivity contribution in [3.63, 3.8) is 0 Å². The number of allylic oxidation sites excluding steroid dienone is 2. The number of aromatic carboxylic acids is 2. The largest absolute Gasteiger partial charge is 0.477 e. The minimum Gasteiger partial charge on any atom is -0.477 e. The van der Waals surface area contributed by atoms with Gasteiger partial charge in [-0.3, -0.25) is 0 Å². The van der Waals surface area contributed by atoms with E-state index in [4.69, 9.17) is 0 Å². The van der Waals surface area contributed by atoms with Crippen LogP contribution >= 0.6 is 45.3 Å². The first-order valence-corrected chi connectivity index (χ1v) is 22.1. The van der Waals surface area contributed by atoms with E-state index in [0.29, 0.717) is 20.9 Å². The molecule has 0 saturated carbocycles. The number of rotatable bonds is 12. The molecule has 0 aliphatic carbocycles. The number of thiophene rings is 4. The second kappa shape index (κ2) is 17.6. The van der Waals surface area contributed by atoms with Gasteiger partial charge in [0, 0.05) is 46.3 Å². The minimum atomic E-state index is -1.01. The van der Waals surface area contributed by atoms with Crippen LogP contribution in [0.2, 0.25) is 0 Å². The number of benzene rings is 4. The van der Waals surface area contributed by atoms with Gasteiger partial charge in [0.2, 0.25) is 0 Å². The lowest BCUT2D eigenvalue weighted by Crippen LogP contribution is -2.09. The average Bonchev–Trinajstić information content (AvgIpc) is 4.11. The van der Waals surface area contributed by atoms with E-state index in [1.54, 1.807) is 47.0 Å². The molecule has 0 unspecified atom stereocenters. The summed E-state index contributed by atoms with van der Waals surface area (Å²) in [6.07, 6.45) is 3.60. The third-order valence-electron chi connectivity index (χ3n) is 9.87. The van der Waals surface area contributed by atoms with Crippen molar-refractivity contribution in [1.82, 2.24) is 0 Å². The van der Waals surface area contributed by atoms with E-state index in [0.717, 1.165) is 75.9 Å². The van der Waals surface area contributed by atoms with Gasteiger partial charge in [-0.25, -0.2) is 9.59 Å². The van der Waals surface area contributed by atoms with E-state index in [2.05, 4.69) is 122 Å². The Labute approximate surface area is 368 Å². The van der Waals surface area contributed by atoms with Crippen molar-refractivity contribution in [2.75, 3.05) is 4.90 Å². The zero-order valence-electron chi connectivity index (χ0n) is 32.6. The van der Waals surface area contributed by atoms with Gasteiger partial charge >= 0.3 is 11.9 Å². The molecule has 0 bridgehead atoms. The highest BCUT2D eigenvalue weighted by molar-refractivity contribution is 7.17. The van der Waals surface area contributed by atoms with Crippen LogP contribution in [0.5, 0.6) is 0 Å². The number of carboxylic acids is 2. The van der Waals surface area contributed by atoms with Gasteiger partial charge in [0.05, 0.1) is 11.1 Å². The summed E-state index contributed by atoms with van der Waals surface area (Å²) < 4.78 is 0. The molecular weight excluding hydrogens is 835 g/mol. The molecule has 0 atom stereocenters. The molecule has 0 radical (unpaired) electrons. The summed E-state index contributed by atoms with van der Waals surface area (Å²) in [7, 11) is 0. The standard InChI is InChI=1S/C50H33N3O4S4/c1-30-3-18-42(31(2)25-30)32-4-10-37(11-5-32)53(38-12-6-33(7-13-38)43-19-16-40(58-43)26-35(28-51)45-21-23-47(60-45)49(54)55)39-14-8-34(9-15-39)44-20-17-41(59-44)27-36(29-52)46-22-24-48(61-46)50(56)57/h3-27H,1-2H3,(H,54,55)(H,56,57)/b35-26+,36-27+. The Kier molecular flexibility index (Phi) is 11.7. The minimum absolute atomic E-state index is 0.192. The Morgan fingerprint density at radius 3 is 1.30 bits per heavy atom. The number of carbonyl (C=O) groups is 2. The number of carboxylic acid groups (broad SMARTS) is 2. The molecule has 296 valence electrons. The van der Waals surface area contributed by atoms with Crippen molar-refractivity contribution < 1.29 is 19.8 Å². The van der Waals surface area contributed by atoms with Gasteiger partial charge in [-0.2, -0.15) is 10.5 Å². The number of hydrogen-bond donors (Lipinski definition) is 2. The fourth-order valence-electron chi connectivity index (χ4n) is 6.89. The first-order valence-electron chi connectivity index (χ1n) is 18.9. The fraction of sp³-hybridized carbons (Fsp3) is 0.0400. The van der Waals surface area contributed by atoms with Gasteiger partial charge in [0.15, 0.2) is 0 Å². The summed E-state index contributed by atoms with van der Waals surface area (Å²) in [4.78, 5) is 30.5. The third kappa shape index (κ3) is 8.92. The van der Waals surface area contributed by atoms with Crippen molar-refractivity contribution in [3.05, 3.63) is 180 Å². The smallest absolute Gasteiger partial charge is 0.345 e. The van der Waals surface area contributed by atoms with Gasteiger partial charge in [-0.15, -0.1) is 45.3 Å². The van der Waals surface area contributed by atoms with Crippen LogP contribution in [0.3, 0.4) is 0 Å². The quantitative estimate of drug-likeness (QED) is 0.117. The normalized spacial score (nSPS) is 11.5. The molecule has 4 aromatic carbocycles. The fourth-order valence-corrected chi connectivity index (χ4v) is 10.4. The van der Waals surface area contributed by atoms with E-state index in [9.17, 15) is 30.3 Å². The Hall–Kier alpha value is -7.12. The highest BCUT2D eigenvalue weighted by Crippen LogP contribution is 2.40. The molecule has 4 heterocycles. The van der Waals surface area contributed by atoms with Crippen LogP contribution in [0.1, 0.15) is 50.0 Å². The van der Waals surface area contributed by atoms with Crippen molar-refractivity contribution in [1.29, 1.82) is 10.5 Å². The molecular formula is C50H33N3O4S4. The van der Waals surface area contributed by atoms with Crippen molar-refractivity contribution in [3.8, 4) is 44.1 Å². The van der Waals surface area contributed by atoms with Gasteiger partial charge in [0.25, 0.3) is 0 Å². The predicted octanol–water partition coefficient (Wildman–Crippen LogP) is 14.5. The molecule has 11 heteroatoms. The molecule has 0 saturated heterocycles. The highest BCUT2D eigenvalue weighted by Gasteiger charge is 2.17. The van der Waals surface area contributed by atoms with Crippen LogP contribution in [0, 0.1) is 36.5 Å². The maximum absolute atomic E-state index is 11.4. The number of hydrogen-bond acceptors (Lipinski definition) is 9. The lowest BCUT2D eigenvalue weighted by atomic mass is 9.98. The molecule has 0 fully saturated rings. The number of anilines is 3. The summed E-state index contributed by atoms with van der Waals surface area (Å²) in [6.45, 7) is 4.24. The lowest BCUT2D eigenvalue weighted by molar-refractivity contribution is 0.0691. The molecule has 8 aromatic rings. The molecule has 8 rings (SSSR count). The number of nitrogens with zero attached hydrogens (tertiary/aromatic N) is 3.